The first-order valence-electron chi connectivity index (χ1n) is 4.25. The number of hydrogen-bond donors (Lipinski definition) is 2. The lowest BCUT2D eigenvalue weighted by Gasteiger charge is -2.20. The van der Waals surface area contributed by atoms with Crippen LogP contribution in [0.2, 0.25) is 0 Å². The van der Waals surface area contributed by atoms with Gasteiger partial charge >= 0.3 is 0 Å². The molecule has 0 aromatic heterocycles. The Kier molecular flexibility index (Phi) is 2.92. The van der Waals surface area contributed by atoms with E-state index in [1.54, 1.807) is 11.8 Å². The van der Waals surface area contributed by atoms with E-state index >= 15 is 0 Å². The number of rotatable bonds is 3. The second kappa shape index (κ2) is 3.63. The van der Waals surface area contributed by atoms with Crippen LogP contribution in [0.1, 0.15) is 19.8 Å². The highest BCUT2D eigenvalue weighted by molar-refractivity contribution is 7.89. The van der Waals surface area contributed by atoms with Crippen LogP contribution in [-0.2, 0) is 10.0 Å². The van der Waals surface area contributed by atoms with E-state index < -0.39 is 15.3 Å². The van der Waals surface area contributed by atoms with Crippen LogP contribution < -0.4 is 5.14 Å². The molecule has 0 saturated carbocycles. The summed E-state index contributed by atoms with van der Waals surface area (Å²) in [6.45, 7) is 2.69. The van der Waals surface area contributed by atoms with Gasteiger partial charge in [0.05, 0.1) is 11.1 Å². The molecule has 1 fully saturated rings. The van der Waals surface area contributed by atoms with Crippen LogP contribution in [0.4, 0.5) is 0 Å². The summed E-state index contributed by atoms with van der Waals surface area (Å²) in [6, 6.07) is 0. The second-order valence-corrected chi connectivity index (χ2v) is 5.38. The molecule has 1 heterocycles. The molecule has 1 atom stereocenters. The monoisotopic (exact) mass is 205 g/mol. The Bertz CT molecular complexity index is 299. The van der Waals surface area contributed by atoms with Crippen molar-refractivity contribution in [3.05, 3.63) is 0 Å². The fourth-order valence-corrected chi connectivity index (χ4v) is 1.73. The van der Waals surface area contributed by atoms with Crippen LogP contribution in [0.15, 0.2) is 0 Å². The summed E-state index contributed by atoms with van der Waals surface area (Å²) in [5.74, 6) is 0.524. The molecular weight excluding hydrogens is 190 g/mol. The van der Waals surface area contributed by atoms with Crippen molar-refractivity contribution in [2.24, 2.45) is 5.14 Å². The predicted molar refractivity (Wildman–Crippen MR) is 51.1 cm³/mol. The van der Waals surface area contributed by atoms with Gasteiger partial charge in [0.25, 0.3) is 0 Å². The lowest BCUT2D eigenvalue weighted by Crippen LogP contribution is -2.38. The second-order valence-electron chi connectivity index (χ2n) is 3.40. The molecule has 1 aliphatic rings. The first-order valence-corrected chi connectivity index (χ1v) is 5.86. The summed E-state index contributed by atoms with van der Waals surface area (Å²) in [4.78, 5) is 1.77. The zero-order valence-electron chi connectivity index (χ0n) is 7.66. The number of sulfonamides is 1. The van der Waals surface area contributed by atoms with Gasteiger partial charge in [-0.15, -0.1) is 0 Å². The third-order valence-corrected chi connectivity index (χ3v) is 3.53. The van der Waals surface area contributed by atoms with E-state index in [2.05, 4.69) is 0 Å². The summed E-state index contributed by atoms with van der Waals surface area (Å²) in [6.07, 6.45) is 1.69. The van der Waals surface area contributed by atoms with Gasteiger partial charge in [-0.25, -0.2) is 13.6 Å². The Morgan fingerprint density at radius 2 is 2.31 bits per heavy atom. The van der Waals surface area contributed by atoms with Crippen LogP contribution in [-0.4, -0.2) is 37.5 Å². The number of amidine groups is 1. The Balaban J connectivity index is 2.54. The van der Waals surface area contributed by atoms with Crippen molar-refractivity contribution in [1.82, 2.24) is 4.90 Å². The van der Waals surface area contributed by atoms with Crippen LogP contribution >= 0.6 is 0 Å². The molecule has 0 aromatic rings. The van der Waals surface area contributed by atoms with Gasteiger partial charge in [0, 0.05) is 19.5 Å². The molecule has 0 bridgehead atoms. The van der Waals surface area contributed by atoms with E-state index in [0.29, 0.717) is 12.4 Å². The molecule has 0 radical (unpaired) electrons. The quantitative estimate of drug-likeness (QED) is 0.665. The third kappa shape index (κ3) is 2.67. The smallest absolute Gasteiger partial charge is 0.213 e. The molecule has 1 unspecified atom stereocenters. The minimum absolute atomic E-state index is 0.345. The molecule has 1 rings (SSSR count). The van der Waals surface area contributed by atoms with E-state index in [9.17, 15) is 8.42 Å². The number of nitrogens with two attached hydrogens (primary N) is 1. The zero-order chi connectivity index (χ0) is 10.1. The van der Waals surface area contributed by atoms with Gasteiger partial charge < -0.3 is 4.90 Å². The number of primary sulfonamides is 1. The molecule has 0 amide bonds. The molecule has 13 heavy (non-hydrogen) atoms. The van der Waals surface area contributed by atoms with Gasteiger partial charge in [-0.1, -0.05) is 0 Å². The molecule has 0 aromatic carbocycles. The van der Waals surface area contributed by atoms with Crippen molar-refractivity contribution in [3.8, 4) is 0 Å². The average molecular weight is 205 g/mol. The molecular formula is C7H15N3O2S. The van der Waals surface area contributed by atoms with E-state index in [4.69, 9.17) is 10.5 Å². The fraction of sp³-hybridized carbons (Fsp3) is 0.857. The van der Waals surface area contributed by atoms with Crippen LogP contribution in [0.25, 0.3) is 0 Å². The molecule has 6 heteroatoms. The SMILES string of the molecule is CC(CN1CCCC1=N)S(N)(=O)=O. The van der Waals surface area contributed by atoms with Crippen molar-refractivity contribution in [2.45, 2.75) is 25.0 Å². The maximum absolute atomic E-state index is 10.9. The van der Waals surface area contributed by atoms with Crippen LogP contribution in [0, 0.1) is 5.41 Å². The van der Waals surface area contributed by atoms with Crippen LogP contribution in [0.3, 0.4) is 0 Å². The van der Waals surface area contributed by atoms with Gasteiger partial charge in [-0.2, -0.15) is 0 Å². The molecule has 5 nitrogen and oxygen atoms in total. The van der Waals surface area contributed by atoms with Crippen molar-refractivity contribution < 1.29 is 8.42 Å². The Morgan fingerprint density at radius 3 is 2.69 bits per heavy atom. The van der Waals surface area contributed by atoms with Crippen molar-refractivity contribution in [1.29, 1.82) is 5.41 Å². The maximum atomic E-state index is 10.9. The molecule has 1 saturated heterocycles. The molecule has 0 aliphatic carbocycles. The van der Waals surface area contributed by atoms with E-state index in [1.165, 1.54) is 0 Å². The summed E-state index contributed by atoms with van der Waals surface area (Å²) >= 11 is 0. The van der Waals surface area contributed by atoms with Crippen molar-refractivity contribution in [3.63, 3.8) is 0 Å². The van der Waals surface area contributed by atoms with Gasteiger partial charge in [-0.05, 0) is 13.3 Å². The number of nitrogens with zero attached hydrogens (tertiary/aromatic N) is 1. The Labute approximate surface area is 78.5 Å². The normalized spacial score (nSPS) is 20.8. The molecule has 76 valence electrons. The minimum Gasteiger partial charge on any atom is -0.359 e. The lowest BCUT2D eigenvalue weighted by atomic mass is 10.4. The zero-order valence-corrected chi connectivity index (χ0v) is 8.47. The first kappa shape index (κ1) is 10.5. The summed E-state index contributed by atoms with van der Waals surface area (Å²) in [5.41, 5.74) is 0. The van der Waals surface area contributed by atoms with Crippen molar-refractivity contribution >= 4 is 15.9 Å². The van der Waals surface area contributed by atoms with Crippen molar-refractivity contribution in [2.75, 3.05) is 13.1 Å². The molecule has 1 aliphatic heterocycles. The standard InChI is InChI=1S/C7H15N3O2S/c1-6(13(9,11)12)5-10-4-2-3-7(10)8/h6,8H,2-5H2,1H3,(H2,9,11,12). The van der Waals surface area contributed by atoms with Crippen LogP contribution in [0.5, 0.6) is 0 Å². The predicted octanol–water partition coefficient (Wildman–Crippen LogP) is -0.264. The van der Waals surface area contributed by atoms with Gasteiger partial charge in [0.15, 0.2) is 0 Å². The Morgan fingerprint density at radius 1 is 1.69 bits per heavy atom. The van der Waals surface area contributed by atoms with Gasteiger partial charge in [0.2, 0.25) is 10.0 Å². The summed E-state index contributed by atoms with van der Waals surface area (Å²) < 4.78 is 21.8. The molecule has 3 N–H and O–H groups in total. The maximum Gasteiger partial charge on any atom is 0.213 e. The van der Waals surface area contributed by atoms with Gasteiger partial charge in [-0.3, -0.25) is 5.41 Å². The number of hydrogen-bond acceptors (Lipinski definition) is 3. The number of likely N-dealkylation sites (tertiary alicyclic amines) is 1. The van der Waals surface area contributed by atoms with E-state index in [-0.39, 0.29) is 0 Å². The van der Waals surface area contributed by atoms with E-state index in [0.717, 1.165) is 19.4 Å². The average Bonchev–Trinajstić information content (AvgIpc) is 2.34. The first-order chi connectivity index (χ1) is 5.91. The highest BCUT2D eigenvalue weighted by Crippen LogP contribution is 2.11. The van der Waals surface area contributed by atoms with Gasteiger partial charge in [0.1, 0.15) is 0 Å². The number of nitrogens with one attached hydrogen (secondary N) is 1. The fourth-order valence-electron chi connectivity index (χ4n) is 1.35. The summed E-state index contributed by atoms with van der Waals surface area (Å²) in [7, 11) is -3.45. The summed E-state index contributed by atoms with van der Waals surface area (Å²) in [5, 5.41) is 11.9. The lowest BCUT2D eigenvalue weighted by molar-refractivity contribution is 0.444. The largest absolute Gasteiger partial charge is 0.359 e. The minimum atomic E-state index is -3.45. The highest BCUT2D eigenvalue weighted by atomic mass is 32.2. The molecule has 0 spiro atoms. The van der Waals surface area contributed by atoms with E-state index in [1.807, 2.05) is 0 Å². The highest BCUT2D eigenvalue weighted by Gasteiger charge is 2.23. The Hall–Kier alpha value is -0.620. The topological polar surface area (TPSA) is 87.2 Å². The third-order valence-electron chi connectivity index (χ3n) is 2.26.